The van der Waals surface area contributed by atoms with Gasteiger partial charge < -0.3 is 18.6 Å². The quantitative estimate of drug-likeness (QED) is 0.705. The first-order chi connectivity index (χ1) is 13.7. The summed E-state index contributed by atoms with van der Waals surface area (Å²) in [5.74, 6) is -0.561. The van der Waals surface area contributed by atoms with E-state index in [2.05, 4.69) is 81.4 Å². The molecule has 5 heteroatoms. The third-order valence-electron chi connectivity index (χ3n) is 5.94. The van der Waals surface area contributed by atoms with E-state index in [0.29, 0.717) is 13.2 Å². The maximum absolute atomic E-state index is 7.00. The van der Waals surface area contributed by atoms with Crippen LogP contribution in [0.15, 0.2) is 60.7 Å². The minimum absolute atomic E-state index is 0.0160. The van der Waals surface area contributed by atoms with Gasteiger partial charge >= 0.3 is 0 Å². The Morgan fingerprint density at radius 2 is 1.48 bits per heavy atom. The highest BCUT2D eigenvalue weighted by Crippen LogP contribution is 2.39. The SMILES string of the molecule is CC1(C)O[C@H]2[C@H](CO[C@@H]2CO[Si](c2ccccc2)(c2ccccc2)C(C)(C)C)O1. The van der Waals surface area contributed by atoms with Crippen LogP contribution >= 0.6 is 0 Å². The molecule has 0 spiro atoms. The summed E-state index contributed by atoms with van der Waals surface area (Å²) in [6, 6.07) is 21.4. The summed E-state index contributed by atoms with van der Waals surface area (Å²) >= 11 is 0. The zero-order valence-electron chi connectivity index (χ0n) is 18.1. The number of ether oxygens (including phenoxy) is 3. The number of fused-ring (bicyclic) bond motifs is 1. The van der Waals surface area contributed by atoms with Crippen molar-refractivity contribution in [2.75, 3.05) is 13.2 Å². The average molecular weight is 413 g/mol. The fourth-order valence-electron chi connectivity index (χ4n) is 4.73. The van der Waals surface area contributed by atoms with Crippen LogP contribution in [0.5, 0.6) is 0 Å². The molecule has 0 N–H and O–H groups in total. The van der Waals surface area contributed by atoms with Gasteiger partial charge in [0.05, 0.1) is 13.2 Å². The highest BCUT2D eigenvalue weighted by atomic mass is 28.4. The first kappa shape index (κ1) is 20.8. The molecule has 156 valence electrons. The lowest BCUT2D eigenvalue weighted by molar-refractivity contribution is -0.177. The lowest BCUT2D eigenvalue weighted by Crippen LogP contribution is -2.67. The second-order valence-electron chi connectivity index (χ2n) is 9.48. The fourth-order valence-corrected chi connectivity index (χ4v) is 9.30. The molecule has 0 unspecified atom stereocenters. The summed E-state index contributed by atoms with van der Waals surface area (Å²) < 4.78 is 25.2. The van der Waals surface area contributed by atoms with E-state index in [-0.39, 0.29) is 23.4 Å². The Balaban J connectivity index is 1.68. The number of hydrogen-bond acceptors (Lipinski definition) is 4. The molecule has 2 heterocycles. The Morgan fingerprint density at radius 3 is 2.00 bits per heavy atom. The molecule has 2 saturated heterocycles. The van der Waals surface area contributed by atoms with Gasteiger partial charge in [-0.05, 0) is 29.3 Å². The molecule has 0 bridgehead atoms. The normalized spacial score (nSPS) is 26.4. The Morgan fingerprint density at radius 1 is 0.931 bits per heavy atom. The monoisotopic (exact) mass is 412 g/mol. The van der Waals surface area contributed by atoms with E-state index in [4.69, 9.17) is 18.6 Å². The molecule has 2 aliphatic rings. The topological polar surface area (TPSA) is 36.9 Å². The van der Waals surface area contributed by atoms with Gasteiger partial charge in [-0.2, -0.15) is 0 Å². The highest BCUT2D eigenvalue weighted by molar-refractivity contribution is 6.99. The van der Waals surface area contributed by atoms with Crippen LogP contribution < -0.4 is 10.4 Å². The molecule has 0 saturated carbocycles. The van der Waals surface area contributed by atoms with E-state index in [1.807, 2.05) is 13.8 Å². The molecular weight excluding hydrogens is 380 g/mol. The van der Waals surface area contributed by atoms with Gasteiger partial charge in [0, 0.05) is 0 Å². The minimum Gasteiger partial charge on any atom is -0.405 e. The maximum Gasteiger partial charge on any atom is 0.261 e. The lowest BCUT2D eigenvalue weighted by atomic mass is 10.2. The largest absolute Gasteiger partial charge is 0.405 e. The second kappa shape index (κ2) is 7.64. The molecule has 2 aliphatic heterocycles. The lowest BCUT2D eigenvalue weighted by Gasteiger charge is -2.43. The van der Waals surface area contributed by atoms with Crippen molar-refractivity contribution >= 4 is 18.7 Å². The van der Waals surface area contributed by atoms with Crippen LogP contribution in [0, 0.1) is 0 Å². The standard InChI is InChI=1S/C24H32O4Si/c1-23(2,3)29(18-12-8-6-9-13-18,19-14-10-7-11-15-19)26-17-20-22-21(16-25-20)27-24(4,5)28-22/h6-15,20-22H,16-17H2,1-5H3/t20-,21+,22-/m1/s1. The molecular formula is C24H32O4Si. The number of benzene rings is 2. The van der Waals surface area contributed by atoms with Crippen molar-refractivity contribution in [3.63, 3.8) is 0 Å². The molecule has 4 nitrogen and oxygen atoms in total. The molecule has 4 rings (SSSR count). The Labute approximate surface area is 175 Å². The summed E-state index contributed by atoms with van der Waals surface area (Å²) in [5.41, 5.74) is 0. The Bertz CT molecular complexity index is 776. The predicted octanol–water partition coefficient (Wildman–Crippen LogP) is 3.48. The van der Waals surface area contributed by atoms with Gasteiger partial charge in [0.25, 0.3) is 8.32 Å². The van der Waals surface area contributed by atoms with Crippen LogP contribution in [0.1, 0.15) is 34.6 Å². The van der Waals surface area contributed by atoms with Gasteiger partial charge in [0.1, 0.15) is 18.3 Å². The second-order valence-corrected chi connectivity index (χ2v) is 13.8. The van der Waals surface area contributed by atoms with Gasteiger partial charge in [-0.1, -0.05) is 81.4 Å². The van der Waals surface area contributed by atoms with Crippen LogP contribution in [-0.2, 0) is 18.6 Å². The van der Waals surface area contributed by atoms with Gasteiger partial charge in [-0.25, -0.2) is 0 Å². The highest BCUT2D eigenvalue weighted by Gasteiger charge is 2.54. The number of hydrogen-bond donors (Lipinski definition) is 0. The average Bonchev–Trinajstić information content (AvgIpc) is 3.18. The molecule has 2 aromatic carbocycles. The van der Waals surface area contributed by atoms with E-state index >= 15 is 0 Å². The summed E-state index contributed by atoms with van der Waals surface area (Å²) in [6.45, 7) is 11.8. The van der Waals surface area contributed by atoms with Gasteiger partial charge in [0.15, 0.2) is 5.79 Å². The smallest absolute Gasteiger partial charge is 0.261 e. The number of rotatable bonds is 5. The van der Waals surface area contributed by atoms with Crippen molar-refractivity contribution in [2.45, 2.75) is 63.8 Å². The van der Waals surface area contributed by atoms with E-state index in [1.165, 1.54) is 10.4 Å². The third-order valence-corrected chi connectivity index (χ3v) is 10.9. The zero-order chi connectivity index (χ0) is 20.7. The molecule has 2 fully saturated rings. The Hall–Kier alpha value is -1.50. The van der Waals surface area contributed by atoms with Crippen LogP contribution in [0.25, 0.3) is 0 Å². The van der Waals surface area contributed by atoms with Crippen molar-refractivity contribution in [1.29, 1.82) is 0 Å². The van der Waals surface area contributed by atoms with Crippen LogP contribution in [0.4, 0.5) is 0 Å². The predicted molar refractivity (Wildman–Crippen MR) is 117 cm³/mol. The molecule has 0 amide bonds. The zero-order valence-corrected chi connectivity index (χ0v) is 19.1. The Kier molecular flexibility index (Phi) is 5.47. The molecule has 0 aliphatic carbocycles. The summed E-state index contributed by atoms with van der Waals surface area (Å²) in [5, 5.41) is 2.49. The summed E-state index contributed by atoms with van der Waals surface area (Å²) in [4.78, 5) is 0. The molecule has 2 aromatic rings. The fraction of sp³-hybridized carbons (Fsp3) is 0.500. The van der Waals surface area contributed by atoms with Crippen LogP contribution in [0.3, 0.4) is 0 Å². The van der Waals surface area contributed by atoms with Crippen molar-refractivity contribution in [3.8, 4) is 0 Å². The van der Waals surface area contributed by atoms with Crippen LogP contribution in [0.2, 0.25) is 5.04 Å². The first-order valence-corrected chi connectivity index (χ1v) is 12.4. The van der Waals surface area contributed by atoms with Crippen molar-refractivity contribution in [1.82, 2.24) is 0 Å². The molecule has 0 aromatic heterocycles. The minimum atomic E-state index is -2.57. The summed E-state index contributed by atoms with van der Waals surface area (Å²) in [6.07, 6.45) is -0.218. The summed E-state index contributed by atoms with van der Waals surface area (Å²) in [7, 11) is -2.57. The first-order valence-electron chi connectivity index (χ1n) is 10.5. The van der Waals surface area contributed by atoms with E-state index in [9.17, 15) is 0 Å². The van der Waals surface area contributed by atoms with Gasteiger partial charge in [-0.15, -0.1) is 0 Å². The van der Waals surface area contributed by atoms with Gasteiger partial charge in [0.2, 0.25) is 0 Å². The maximum atomic E-state index is 7.00. The van der Waals surface area contributed by atoms with Gasteiger partial charge in [-0.3, -0.25) is 0 Å². The van der Waals surface area contributed by atoms with E-state index in [1.54, 1.807) is 0 Å². The molecule has 29 heavy (non-hydrogen) atoms. The molecule has 3 atom stereocenters. The van der Waals surface area contributed by atoms with Crippen LogP contribution in [-0.4, -0.2) is 45.6 Å². The van der Waals surface area contributed by atoms with E-state index in [0.717, 1.165) is 0 Å². The van der Waals surface area contributed by atoms with E-state index < -0.39 is 14.1 Å². The van der Waals surface area contributed by atoms with Crippen molar-refractivity contribution in [3.05, 3.63) is 60.7 Å². The van der Waals surface area contributed by atoms with Crippen molar-refractivity contribution < 1.29 is 18.6 Å². The molecule has 0 radical (unpaired) electrons. The third kappa shape index (κ3) is 3.82. The van der Waals surface area contributed by atoms with Crippen molar-refractivity contribution in [2.24, 2.45) is 0 Å².